The van der Waals surface area contributed by atoms with E-state index in [1.54, 1.807) is 12.7 Å². The summed E-state index contributed by atoms with van der Waals surface area (Å²) < 4.78 is 1.85. The molecule has 1 amide bonds. The van der Waals surface area contributed by atoms with Crippen molar-refractivity contribution in [1.29, 1.82) is 0 Å². The number of likely N-dealkylation sites (tertiary alicyclic amines) is 1. The first-order valence-electron chi connectivity index (χ1n) is 7.90. The van der Waals surface area contributed by atoms with E-state index in [1.165, 1.54) is 11.3 Å². The molecule has 116 valence electrons. The number of nitrogens with one attached hydrogen (secondary N) is 1. The van der Waals surface area contributed by atoms with Crippen LogP contribution in [0, 0.1) is 0 Å². The van der Waals surface area contributed by atoms with Crippen LogP contribution in [0.3, 0.4) is 0 Å². The third-order valence-electron chi connectivity index (χ3n) is 5.10. The van der Waals surface area contributed by atoms with Gasteiger partial charge in [-0.1, -0.05) is 0 Å². The van der Waals surface area contributed by atoms with Crippen LogP contribution in [0.5, 0.6) is 0 Å². The molecule has 0 bridgehead atoms. The van der Waals surface area contributed by atoms with Crippen molar-refractivity contribution in [3.63, 3.8) is 0 Å². The predicted octanol–water partition coefficient (Wildman–Crippen LogP) is 0.898. The highest BCUT2D eigenvalue weighted by Crippen LogP contribution is 2.43. The van der Waals surface area contributed by atoms with Crippen molar-refractivity contribution < 1.29 is 4.79 Å². The molecule has 2 aromatic heterocycles. The fourth-order valence-electron chi connectivity index (χ4n) is 3.93. The number of carbonyl (C=O) groups is 1. The minimum absolute atomic E-state index is 0.107. The first-order chi connectivity index (χ1) is 10.8. The van der Waals surface area contributed by atoms with E-state index in [0.29, 0.717) is 13.0 Å². The van der Waals surface area contributed by atoms with E-state index in [0.717, 1.165) is 38.8 Å². The zero-order valence-corrected chi connectivity index (χ0v) is 12.5. The van der Waals surface area contributed by atoms with Gasteiger partial charge in [-0.3, -0.25) is 9.89 Å². The number of aromatic nitrogens is 5. The second-order valence-corrected chi connectivity index (χ2v) is 6.42. The zero-order valence-electron chi connectivity index (χ0n) is 12.5. The average molecular weight is 300 g/mol. The average Bonchev–Trinajstić information content (AvgIpc) is 3.25. The van der Waals surface area contributed by atoms with E-state index in [4.69, 9.17) is 0 Å². The summed E-state index contributed by atoms with van der Waals surface area (Å²) in [5, 5.41) is 14.9. The van der Waals surface area contributed by atoms with Crippen LogP contribution in [0.1, 0.15) is 36.9 Å². The van der Waals surface area contributed by atoms with Gasteiger partial charge < -0.3 is 9.47 Å². The van der Waals surface area contributed by atoms with Crippen LogP contribution in [0.25, 0.3) is 0 Å². The molecule has 1 aliphatic heterocycles. The van der Waals surface area contributed by atoms with E-state index in [1.807, 2.05) is 15.7 Å². The summed E-state index contributed by atoms with van der Waals surface area (Å²) in [4.78, 5) is 14.6. The highest BCUT2D eigenvalue weighted by molar-refractivity contribution is 5.76. The van der Waals surface area contributed by atoms with Crippen LogP contribution < -0.4 is 0 Å². The van der Waals surface area contributed by atoms with Gasteiger partial charge in [-0.15, -0.1) is 10.2 Å². The molecule has 1 unspecified atom stereocenters. The van der Waals surface area contributed by atoms with Crippen molar-refractivity contribution in [1.82, 2.24) is 29.9 Å². The number of carbonyl (C=O) groups excluding carboxylic acids is 1. The SMILES string of the molecule is O=C(CCn1cnnc1)N1CCCC2(CCc3cn[nH]c32)C1. The zero-order chi connectivity index (χ0) is 15.0. The van der Waals surface area contributed by atoms with Crippen LogP contribution in [0.2, 0.25) is 0 Å². The minimum Gasteiger partial charge on any atom is -0.342 e. The Balaban J connectivity index is 1.44. The van der Waals surface area contributed by atoms with Gasteiger partial charge >= 0.3 is 0 Å². The molecule has 0 saturated carbocycles. The second kappa shape index (κ2) is 5.23. The highest BCUT2D eigenvalue weighted by atomic mass is 16.2. The third-order valence-corrected chi connectivity index (χ3v) is 5.10. The molecular formula is C15H20N6O. The summed E-state index contributed by atoms with van der Waals surface area (Å²) in [6, 6.07) is 0. The first kappa shape index (κ1) is 13.5. The number of nitrogens with zero attached hydrogens (tertiary/aromatic N) is 5. The number of hydrogen-bond donors (Lipinski definition) is 1. The van der Waals surface area contributed by atoms with E-state index >= 15 is 0 Å². The van der Waals surface area contributed by atoms with Crippen molar-refractivity contribution in [2.24, 2.45) is 0 Å². The van der Waals surface area contributed by atoms with Gasteiger partial charge in [-0.25, -0.2) is 0 Å². The van der Waals surface area contributed by atoms with E-state index in [2.05, 4.69) is 20.4 Å². The van der Waals surface area contributed by atoms with Gasteiger partial charge in [0.15, 0.2) is 0 Å². The number of hydrogen-bond acceptors (Lipinski definition) is 4. The monoisotopic (exact) mass is 300 g/mol. The van der Waals surface area contributed by atoms with Crippen molar-refractivity contribution in [2.45, 2.75) is 44.1 Å². The maximum Gasteiger partial charge on any atom is 0.224 e. The molecule has 1 aliphatic carbocycles. The van der Waals surface area contributed by atoms with E-state index in [-0.39, 0.29) is 11.3 Å². The summed E-state index contributed by atoms with van der Waals surface area (Å²) >= 11 is 0. The lowest BCUT2D eigenvalue weighted by Crippen LogP contribution is -2.48. The van der Waals surface area contributed by atoms with Crippen LogP contribution in [-0.2, 0) is 23.2 Å². The summed E-state index contributed by atoms with van der Waals surface area (Å²) in [5.74, 6) is 0.223. The van der Waals surface area contributed by atoms with E-state index in [9.17, 15) is 4.79 Å². The summed E-state index contributed by atoms with van der Waals surface area (Å²) in [6.07, 6.45) is 10.2. The molecule has 22 heavy (non-hydrogen) atoms. The molecule has 2 aliphatic rings. The van der Waals surface area contributed by atoms with Crippen LogP contribution in [0.15, 0.2) is 18.9 Å². The van der Waals surface area contributed by atoms with Crippen LogP contribution in [-0.4, -0.2) is 48.9 Å². The maximum absolute atomic E-state index is 12.5. The summed E-state index contributed by atoms with van der Waals surface area (Å²) in [6.45, 7) is 2.33. The Kier molecular flexibility index (Phi) is 3.20. The van der Waals surface area contributed by atoms with Gasteiger partial charge in [0.2, 0.25) is 5.91 Å². The van der Waals surface area contributed by atoms with E-state index < -0.39 is 0 Å². The second-order valence-electron chi connectivity index (χ2n) is 6.42. The lowest BCUT2D eigenvalue weighted by Gasteiger charge is -2.40. The molecule has 0 aromatic carbocycles. The largest absolute Gasteiger partial charge is 0.342 e. The fraction of sp³-hybridized carbons (Fsp3) is 0.600. The number of rotatable bonds is 3. The lowest BCUT2D eigenvalue weighted by atomic mass is 9.77. The Morgan fingerprint density at radius 1 is 1.32 bits per heavy atom. The number of H-pyrrole nitrogens is 1. The van der Waals surface area contributed by atoms with Crippen molar-refractivity contribution in [3.8, 4) is 0 Å². The Bertz CT molecular complexity index is 663. The molecule has 1 fully saturated rings. The quantitative estimate of drug-likeness (QED) is 0.913. The molecule has 1 spiro atoms. The molecule has 1 N–H and O–H groups in total. The smallest absolute Gasteiger partial charge is 0.224 e. The molecule has 0 radical (unpaired) electrons. The molecule has 3 heterocycles. The van der Waals surface area contributed by atoms with Gasteiger partial charge in [-0.2, -0.15) is 5.10 Å². The summed E-state index contributed by atoms with van der Waals surface area (Å²) in [7, 11) is 0. The number of fused-ring (bicyclic) bond motifs is 2. The van der Waals surface area contributed by atoms with Crippen LogP contribution in [0.4, 0.5) is 0 Å². The normalized spacial score (nSPS) is 23.9. The van der Waals surface area contributed by atoms with Crippen LogP contribution >= 0.6 is 0 Å². The first-order valence-corrected chi connectivity index (χ1v) is 7.90. The topological polar surface area (TPSA) is 79.7 Å². The third kappa shape index (κ3) is 2.20. The van der Waals surface area contributed by atoms with Gasteiger partial charge in [0, 0.05) is 37.2 Å². The van der Waals surface area contributed by atoms with Gasteiger partial charge in [0.1, 0.15) is 12.7 Å². The Hall–Kier alpha value is -2.18. The predicted molar refractivity (Wildman–Crippen MR) is 79.0 cm³/mol. The number of aromatic amines is 1. The Labute approximate surface area is 128 Å². The fourth-order valence-corrected chi connectivity index (χ4v) is 3.93. The molecule has 1 saturated heterocycles. The maximum atomic E-state index is 12.5. The highest BCUT2D eigenvalue weighted by Gasteiger charge is 2.44. The molecular weight excluding hydrogens is 280 g/mol. The number of aryl methyl sites for hydroxylation is 2. The standard InChI is InChI=1S/C15H20N6O/c22-13(3-7-20-10-17-18-11-20)21-6-1-4-15(9-21)5-2-12-8-16-19-14(12)15/h8,10-11H,1-7,9H2,(H,16,19). The molecule has 4 rings (SSSR count). The lowest BCUT2D eigenvalue weighted by molar-refractivity contribution is -0.133. The summed E-state index contributed by atoms with van der Waals surface area (Å²) in [5.41, 5.74) is 2.71. The number of amides is 1. The number of piperidine rings is 1. The molecule has 7 heteroatoms. The molecule has 1 atom stereocenters. The van der Waals surface area contributed by atoms with Crippen molar-refractivity contribution in [2.75, 3.05) is 13.1 Å². The Morgan fingerprint density at radius 3 is 3.05 bits per heavy atom. The van der Waals surface area contributed by atoms with Gasteiger partial charge in [0.05, 0.1) is 6.20 Å². The van der Waals surface area contributed by atoms with Gasteiger partial charge in [0.25, 0.3) is 0 Å². The molecule has 2 aromatic rings. The van der Waals surface area contributed by atoms with Gasteiger partial charge in [-0.05, 0) is 31.2 Å². The van der Waals surface area contributed by atoms with Crippen molar-refractivity contribution >= 4 is 5.91 Å². The minimum atomic E-state index is 0.107. The molecule has 7 nitrogen and oxygen atoms in total. The Morgan fingerprint density at radius 2 is 2.18 bits per heavy atom. The van der Waals surface area contributed by atoms with Crippen molar-refractivity contribution in [3.05, 3.63) is 30.1 Å².